The Morgan fingerprint density at radius 2 is 1.68 bits per heavy atom. The maximum atomic E-state index is 12.7. The average Bonchev–Trinajstić information content (AvgIpc) is 3.02. The molecule has 34 heavy (non-hydrogen) atoms. The summed E-state index contributed by atoms with van der Waals surface area (Å²) in [4.78, 5) is 16.7. The van der Waals surface area contributed by atoms with E-state index in [-0.39, 0.29) is 34.7 Å². The van der Waals surface area contributed by atoms with Gasteiger partial charge < -0.3 is 27.5 Å². The second kappa shape index (κ2) is 10.5. The first-order valence-corrected chi connectivity index (χ1v) is 16.4. The van der Waals surface area contributed by atoms with Crippen molar-refractivity contribution >= 4 is 17.1 Å². The number of ether oxygens (including phenoxy) is 2. The summed E-state index contributed by atoms with van der Waals surface area (Å²) in [5.74, 6) is 0.242. The molecule has 1 aromatic rings. The van der Waals surface area contributed by atoms with E-state index < -0.39 is 47.4 Å². The molecule has 194 valence electrons. The van der Waals surface area contributed by atoms with E-state index >= 15 is 0 Å². The zero-order valence-corrected chi connectivity index (χ0v) is 24.0. The van der Waals surface area contributed by atoms with E-state index in [2.05, 4.69) is 60.4 Å². The van der Waals surface area contributed by atoms with Crippen LogP contribution in [-0.2, 0) is 17.7 Å². The summed E-state index contributed by atoms with van der Waals surface area (Å²) in [5.41, 5.74) is 0.112. The molecule has 4 atom stereocenters. The van der Waals surface area contributed by atoms with Gasteiger partial charge in [0.2, 0.25) is 5.88 Å². The van der Waals surface area contributed by atoms with Crippen LogP contribution in [0.2, 0.25) is 22.2 Å². The molecule has 2 fully saturated rings. The number of hydrogen-bond donors (Lipinski definition) is 1. The van der Waals surface area contributed by atoms with Gasteiger partial charge in [0.25, 0.3) is 0 Å². The quantitative estimate of drug-likeness (QED) is 0.548. The lowest BCUT2D eigenvalue weighted by Gasteiger charge is -2.51. The van der Waals surface area contributed by atoms with E-state index in [1.54, 1.807) is 12.3 Å². The molecule has 0 bridgehead atoms. The molecule has 2 aliphatic rings. The monoisotopic (exact) mass is 514 g/mol. The van der Waals surface area contributed by atoms with Crippen LogP contribution in [0.1, 0.15) is 68.5 Å². The summed E-state index contributed by atoms with van der Waals surface area (Å²) >= 11 is 0. The van der Waals surface area contributed by atoms with Gasteiger partial charge in [-0.05, 0) is 29.1 Å². The smallest absolute Gasteiger partial charge is 0.353 e. The van der Waals surface area contributed by atoms with E-state index in [1.165, 1.54) is 4.57 Å². The largest absolute Gasteiger partial charge is 0.478 e. The van der Waals surface area contributed by atoms with Crippen molar-refractivity contribution in [3.63, 3.8) is 0 Å². The highest BCUT2D eigenvalue weighted by atomic mass is 28.5. The third kappa shape index (κ3) is 4.80. The Morgan fingerprint density at radius 1 is 1.09 bits per heavy atom. The first-order valence-electron chi connectivity index (χ1n) is 12.5. The molecule has 0 aromatic carbocycles. The van der Waals surface area contributed by atoms with Crippen LogP contribution in [-0.4, -0.2) is 63.3 Å². The van der Waals surface area contributed by atoms with Gasteiger partial charge >= 0.3 is 22.8 Å². The second-order valence-corrected chi connectivity index (χ2v) is 19.3. The number of rotatable bonds is 7. The highest BCUT2D eigenvalue weighted by Crippen LogP contribution is 2.48. The topological polar surface area (TPSA) is 101 Å². The highest BCUT2D eigenvalue weighted by Gasteiger charge is 2.61. The summed E-state index contributed by atoms with van der Waals surface area (Å²) in [6.07, 6.45) is -1.68. The van der Waals surface area contributed by atoms with Crippen molar-refractivity contribution in [2.24, 2.45) is 0 Å². The van der Waals surface area contributed by atoms with Gasteiger partial charge in [-0.15, -0.1) is 0 Å². The Balaban J connectivity index is 2.03. The lowest BCUT2D eigenvalue weighted by atomic mass is 10.1. The Kier molecular flexibility index (Phi) is 8.49. The molecular weight excluding hydrogens is 472 g/mol. The van der Waals surface area contributed by atoms with Gasteiger partial charge in [-0.1, -0.05) is 55.4 Å². The van der Waals surface area contributed by atoms with Gasteiger partial charge in [0.05, 0.1) is 13.2 Å². The molecule has 2 aliphatic heterocycles. The maximum Gasteiger partial charge on any atom is 0.353 e. The van der Waals surface area contributed by atoms with Crippen molar-refractivity contribution < 1.29 is 27.5 Å². The highest BCUT2D eigenvalue weighted by molar-refractivity contribution is 6.83. The fourth-order valence-corrected chi connectivity index (χ4v) is 16.4. The van der Waals surface area contributed by atoms with Crippen molar-refractivity contribution in [3.8, 4) is 5.88 Å². The summed E-state index contributed by atoms with van der Waals surface area (Å²) < 4.78 is 33.6. The fourth-order valence-electron chi connectivity index (χ4n) is 5.19. The number of aromatic nitrogens is 2. The molecule has 1 N–H and O–H groups in total. The van der Waals surface area contributed by atoms with E-state index in [9.17, 15) is 9.90 Å². The number of aliphatic hydroxyl groups is 1. The maximum absolute atomic E-state index is 12.7. The minimum absolute atomic E-state index is 0.125. The van der Waals surface area contributed by atoms with Crippen LogP contribution < -0.4 is 10.4 Å². The molecule has 1 aromatic heterocycles. The lowest BCUT2D eigenvalue weighted by Crippen LogP contribution is -2.65. The van der Waals surface area contributed by atoms with Crippen LogP contribution in [0.3, 0.4) is 0 Å². The minimum Gasteiger partial charge on any atom is -0.478 e. The number of nitrogens with zero attached hydrogens (tertiary/aromatic N) is 2. The van der Waals surface area contributed by atoms with Gasteiger partial charge in [-0.25, -0.2) is 4.79 Å². The average molecular weight is 515 g/mol. The van der Waals surface area contributed by atoms with Crippen LogP contribution in [0.25, 0.3) is 0 Å². The van der Waals surface area contributed by atoms with Gasteiger partial charge in [0.15, 0.2) is 6.23 Å². The summed E-state index contributed by atoms with van der Waals surface area (Å²) in [6, 6.07) is 1.60. The predicted octanol–water partition coefficient (Wildman–Crippen LogP) is 3.86. The molecule has 0 aliphatic carbocycles. The lowest BCUT2D eigenvalue weighted by molar-refractivity contribution is -0.0601. The van der Waals surface area contributed by atoms with Crippen LogP contribution in [0.5, 0.6) is 5.88 Å². The van der Waals surface area contributed by atoms with Crippen LogP contribution in [0, 0.1) is 0 Å². The third-order valence-corrected chi connectivity index (χ3v) is 17.3. The number of aliphatic hydroxyl groups excluding tert-OH is 1. The second-order valence-electron chi connectivity index (χ2n) is 10.5. The summed E-state index contributed by atoms with van der Waals surface area (Å²) in [7, 11) is -5.61. The first-order chi connectivity index (χ1) is 15.9. The van der Waals surface area contributed by atoms with Crippen LogP contribution in [0.15, 0.2) is 17.1 Å². The molecule has 3 rings (SSSR count). The van der Waals surface area contributed by atoms with E-state index in [0.29, 0.717) is 6.61 Å². The van der Waals surface area contributed by atoms with Gasteiger partial charge in [0.1, 0.15) is 18.3 Å². The Morgan fingerprint density at radius 3 is 2.18 bits per heavy atom. The first kappa shape index (κ1) is 27.5. The van der Waals surface area contributed by atoms with Crippen LogP contribution in [0.4, 0.5) is 0 Å². The summed E-state index contributed by atoms with van der Waals surface area (Å²) in [5, 5.41) is 11.3. The van der Waals surface area contributed by atoms with Crippen molar-refractivity contribution in [3.05, 3.63) is 22.7 Å². The molecule has 3 heterocycles. The molecule has 0 radical (unpaired) electrons. The van der Waals surface area contributed by atoms with E-state index in [4.69, 9.17) is 22.4 Å². The van der Waals surface area contributed by atoms with Gasteiger partial charge in [-0.2, -0.15) is 4.98 Å². The molecule has 11 heteroatoms. The van der Waals surface area contributed by atoms with Gasteiger partial charge in [-0.3, -0.25) is 4.57 Å². The fraction of sp³-hybridized carbons (Fsp3) is 0.826. The standard InChI is InChI=1S/C23H42N2O7Si2/c1-10-28-19-11-12-25(23(27)24-19)22-20(26)21-18(30-22)13-29-33(14(2)3,15(4)5)32-34(31-21,16(6)7)17(8)9/h11-12,14-18,20-22,26H,10,13H2,1-9H3/t18-,20?,21?,22-/m1/s1. The zero-order chi connectivity index (χ0) is 25.4. The van der Waals surface area contributed by atoms with Crippen LogP contribution >= 0.6 is 0 Å². The Hall–Kier alpha value is -1.09. The van der Waals surface area contributed by atoms with E-state index in [1.807, 2.05) is 6.92 Å². The SMILES string of the molecule is CCOc1ccn([C@@H]2O[C@@H]3CO[Si](C(C)C)(C(C)C)O[Si](C(C)C)(C(C)C)OC3C2O)c(=O)n1. The number of fused-ring (bicyclic) bond motifs is 1. The molecule has 9 nitrogen and oxygen atoms in total. The van der Waals surface area contributed by atoms with Crippen molar-refractivity contribution in [2.75, 3.05) is 13.2 Å². The van der Waals surface area contributed by atoms with Gasteiger partial charge in [0, 0.05) is 12.3 Å². The third-order valence-electron chi connectivity index (χ3n) is 7.01. The normalized spacial score (nSPS) is 28.9. The Bertz CT molecular complexity index is 876. The van der Waals surface area contributed by atoms with Crippen molar-refractivity contribution in [2.45, 2.75) is 109 Å². The van der Waals surface area contributed by atoms with E-state index in [0.717, 1.165) is 0 Å². The zero-order valence-electron chi connectivity index (χ0n) is 22.0. The molecule has 0 spiro atoms. The Labute approximate surface area is 205 Å². The van der Waals surface area contributed by atoms with Crippen molar-refractivity contribution in [1.82, 2.24) is 9.55 Å². The predicted molar refractivity (Wildman–Crippen MR) is 133 cm³/mol. The number of hydrogen-bond acceptors (Lipinski definition) is 8. The van der Waals surface area contributed by atoms with Crippen molar-refractivity contribution in [1.29, 1.82) is 0 Å². The molecule has 2 unspecified atom stereocenters. The molecule has 2 saturated heterocycles. The molecular formula is C23H42N2O7Si2. The molecule has 0 saturated carbocycles. The summed E-state index contributed by atoms with van der Waals surface area (Å²) in [6.45, 7) is 19.6. The minimum atomic E-state index is -2.90. The molecule has 0 amide bonds.